The van der Waals surface area contributed by atoms with Crippen LogP contribution >= 0.6 is 0 Å². The first-order chi connectivity index (χ1) is 7.22. The summed E-state index contributed by atoms with van der Waals surface area (Å²) < 4.78 is 62.6. The quantitative estimate of drug-likeness (QED) is 0.753. The summed E-state index contributed by atoms with van der Waals surface area (Å²) in [5.41, 5.74) is 0.00565. The second-order valence-electron chi connectivity index (χ2n) is 2.99. The van der Waals surface area contributed by atoms with Gasteiger partial charge in [-0.05, 0) is 6.07 Å². The van der Waals surface area contributed by atoms with Gasteiger partial charge in [-0.1, -0.05) is 0 Å². The number of nitrogens with zero attached hydrogens (tertiary/aromatic N) is 2. The molecule has 1 heterocycles. The molecular weight excluding hydrogens is 249 g/mol. The van der Waals surface area contributed by atoms with Crippen molar-refractivity contribution in [3.05, 3.63) is 18.0 Å². The zero-order valence-electron chi connectivity index (χ0n) is 8.23. The number of alkyl halides is 3. The summed E-state index contributed by atoms with van der Waals surface area (Å²) in [6, 6.07) is 1.20. The van der Waals surface area contributed by atoms with E-state index in [2.05, 4.69) is 9.28 Å². The Balaban J connectivity index is 2.73. The molecule has 0 saturated carbocycles. The van der Waals surface area contributed by atoms with Crippen molar-refractivity contribution in [2.24, 2.45) is 0 Å². The average Bonchev–Trinajstić information content (AvgIpc) is 2.48. The lowest BCUT2D eigenvalue weighted by molar-refractivity contribution is -0.142. The maximum absolute atomic E-state index is 12.0. The van der Waals surface area contributed by atoms with Gasteiger partial charge in [0.1, 0.15) is 12.3 Å². The van der Waals surface area contributed by atoms with Gasteiger partial charge in [-0.3, -0.25) is 8.86 Å². The van der Waals surface area contributed by atoms with E-state index in [1.807, 2.05) is 0 Å². The fourth-order valence-electron chi connectivity index (χ4n) is 0.992. The highest BCUT2D eigenvalue weighted by atomic mass is 32.2. The monoisotopic (exact) mass is 258 g/mol. The minimum absolute atomic E-state index is 0.00565. The normalized spacial score (nSPS) is 13.0. The van der Waals surface area contributed by atoms with Crippen molar-refractivity contribution in [2.75, 3.05) is 7.11 Å². The van der Waals surface area contributed by atoms with Crippen molar-refractivity contribution in [1.82, 2.24) is 9.78 Å². The van der Waals surface area contributed by atoms with Crippen LogP contribution in [0.3, 0.4) is 0 Å². The number of aromatic nitrogens is 2. The predicted molar refractivity (Wildman–Crippen MR) is 47.9 cm³/mol. The Morgan fingerprint density at radius 2 is 2.12 bits per heavy atom. The first kappa shape index (κ1) is 13.0. The summed E-state index contributed by atoms with van der Waals surface area (Å²) in [5.74, 6) is -0.547. The largest absolute Gasteiger partial charge is 0.408 e. The zero-order chi connectivity index (χ0) is 12.4. The lowest BCUT2D eigenvalue weighted by atomic mass is 10.5. The van der Waals surface area contributed by atoms with Gasteiger partial charge in [0.15, 0.2) is 0 Å². The van der Waals surface area contributed by atoms with Crippen molar-refractivity contribution in [3.8, 4) is 0 Å². The van der Waals surface area contributed by atoms with Crippen molar-refractivity contribution < 1.29 is 25.8 Å². The van der Waals surface area contributed by atoms with Gasteiger partial charge in [0, 0.05) is 6.20 Å². The predicted octanol–water partition coefficient (Wildman–Crippen LogP) is 0.922. The van der Waals surface area contributed by atoms with Crippen molar-refractivity contribution in [1.29, 1.82) is 0 Å². The van der Waals surface area contributed by atoms with E-state index in [0.717, 1.165) is 13.3 Å². The summed E-state index contributed by atoms with van der Waals surface area (Å²) in [6.07, 6.45) is -3.32. The molecule has 5 nitrogen and oxygen atoms in total. The fourth-order valence-corrected chi connectivity index (χ4v) is 1.63. The summed E-state index contributed by atoms with van der Waals surface area (Å²) in [5, 5.41) is 3.47. The molecule has 0 aliphatic heterocycles. The van der Waals surface area contributed by atoms with Crippen LogP contribution in [-0.4, -0.2) is 31.5 Å². The molecule has 0 atom stereocenters. The summed E-state index contributed by atoms with van der Waals surface area (Å²) in [7, 11) is -2.79. The minimum Gasteiger partial charge on any atom is -0.273 e. The highest BCUT2D eigenvalue weighted by Crippen LogP contribution is 2.17. The Morgan fingerprint density at radius 3 is 2.62 bits per heavy atom. The Morgan fingerprint density at radius 1 is 1.50 bits per heavy atom. The molecule has 1 rings (SSSR count). The molecule has 0 unspecified atom stereocenters. The molecule has 0 aliphatic rings. The summed E-state index contributed by atoms with van der Waals surface area (Å²) >= 11 is 0. The van der Waals surface area contributed by atoms with E-state index in [4.69, 9.17) is 0 Å². The van der Waals surface area contributed by atoms with E-state index < -0.39 is 28.6 Å². The highest BCUT2D eigenvalue weighted by molar-refractivity contribution is 7.85. The third-order valence-electron chi connectivity index (χ3n) is 1.62. The Bertz CT molecular complexity index is 452. The lowest BCUT2D eigenvalue weighted by Crippen LogP contribution is -2.18. The van der Waals surface area contributed by atoms with Crippen molar-refractivity contribution in [3.63, 3.8) is 0 Å². The number of hydrogen-bond acceptors (Lipinski definition) is 4. The lowest BCUT2D eigenvalue weighted by Gasteiger charge is -2.05. The van der Waals surface area contributed by atoms with Crippen LogP contribution in [0.2, 0.25) is 0 Å². The van der Waals surface area contributed by atoms with E-state index in [1.54, 1.807) is 0 Å². The molecule has 0 amide bonds. The third-order valence-corrected chi connectivity index (χ3v) is 2.77. The molecule has 1 aromatic heterocycles. The molecule has 9 heteroatoms. The second-order valence-corrected chi connectivity index (χ2v) is 4.73. The maximum Gasteiger partial charge on any atom is 0.408 e. The first-order valence-electron chi connectivity index (χ1n) is 4.09. The molecule has 16 heavy (non-hydrogen) atoms. The minimum atomic E-state index is -4.39. The molecule has 0 spiro atoms. The topological polar surface area (TPSA) is 61.2 Å². The zero-order valence-corrected chi connectivity index (χ0v) is 9.05. The van der Waals surface area contributed by atoms with Crippen LogP contribution in [0, 0.1) is 0 Å². The van der Waals surface area contributed by atoms with E-state index in [1.165, 1.54) is 6.07 Å². The fraction of sp³-hybridized carbons (Fsp3) is 0.571. The molecule has 1 aromatic rings. The van der Waals surface area contributed by atoms with Gasteiger partial charge in [0.2, 0.25) is 0 Å². The van der Waals surface area contributed by atoms with Gasteiger partial charge in [-0.25, -0.2) is 0 Å². The standard InChI is InChI=1S/C7H9F3N2O3S/c1-15-16(13,14)4-6-2-3-12(11-6)5-7(8,9)10/h2-3H,4-5H2,1H3. The van der Waals surface area contributed by atoms with Crippen LogP contribution in [0.4, 0.5) is 13.2 Å². The van der Waals surface area contributed by atoms with E-state index in [9.17, 15) is 21.6 Å². The molecule has 0 saturated heterocycles. The van der Waals surface area contributed by atoms with Crippen LogP contribution in [0.15, 0.2) is 12.3 Å². The smallest absolute Gasteiger partial charge is 0.273 e. The first-order valence-corrected chi connectivity index (χ1v) is 5.67. The Kier molecular flexibility index (Phi) is 3.58. The Labute approximate surface area is 89.9 Å². The second kappa shape index (κ2) is 4.42. The average molecular weight is 258 g/mol. The number of hydrogen-bond donors (Lipinski definition) is 0. The molecule has 0 N–H and O–H groups in total. The SMILES string of the molecule is COS(=O)(=O)Cc1ccn(CC(F)(F)F)n1. The van der Waals surface area contributed by atoms with E-state index >= 15 is 0 Å². The molecule has 0 aliphatic carbocycles. The molecule has 0 bridgehead atoms. The van der Waals surface area contributed by atoms with Gasteiger partial charge < -0.3 is 0 Å². The van der Waals surface area contributed by atoms with E-state index in [0.29, 0.717) is 4.68 Å². The van der Waals surface area contributed by atoms with E-state index in [-0.39, 0.29) is 5.69 Å². The van der Waals surface area contributed by atoms with Gasteiger partial charge in [0.05, 0.1) is 12.8 Å². The summed E-state index contributed by atoms with van der Waals surface area (Å²) in [4.78, 5) is 0. The van der Waals surface area contributed by atoms with Gasteiger partial charge >= 0.3 is 6.18 Å². The maximum atomic E-state index is 12.0. The molecule has 0 aromatic carbocycles. The van der Waals surface area contributed by atoms with Crippen molar-refractivity contribution in [2.45, 2.75) is 18.5 Å². The molecule has 0 radical (unpaired) electrons. The number of rotatable bonds is 4. The van der Waals surface area contributed by atoms with Gasteiger partial charge in [0.25, 0.3) is 10.1 Å². The molecule has 92 valence electrons. The van der Waals surface area contributed by atoms with Crippen molar-refractivity contribution >= 4 is 10.1 Å². The molecular formula is C7H9F3N2O3S. The number of halogens is 3. The van der Waals surface area contributed by atoms with Crippen LogP contribution in [0.25, 0.3) is 0 Å². The van der Waals surface area contributed by atoms with Crippen LogP contribution < -0.4 is 0 Å². The third kappa shape index (κ3) is 4.19. The Hall–Kier alpha value is -1.09. The van der Waals surface area contributed by atoms with Crippen LogP contribution in [0.5, 0.6) is 0 Å². The molecule has 0 fully saturated rings. The van der Waals surface area contributed by atoms with Crippen LogP contribution in [-0.2, 0) is 26.6 Å². The van der Waals surface area contributed by atoms with Gasteiger partial charge in [-0.15, -0.1) is 0 Å². The summed E-state index contributed by atoms with van der Waals surface area (Å²) in [6.45, 7) is -1.25. The van der Waals surface area contributed by atoms with Crippen LogP contribution in [0.1, 0.15) is 5.69 Å². The van der Waals surface area contributed by atoms with Gasteiger partial charge in [-0.2, -0.15) is 26.7 Å². The highest BCUT2D eigenvalue weighted by Gasteiger charge is 2.28.